The van der Waals surface area contributed by atoms with Gasteiger partial charge in [0.15, 0.2) is 0 Å². The number of nitrogens with one attached hydrogen (secondary N) is 2. The van der Waals surface area contributed by atoms with Crippen molar-refractivity contribution in [2.75, 3.05) is 5.88 Å². The number of hydrogen-bond acceptors (Lipinski definition) is 3. The Morgan fingerprint density at radius 1 is 1.38 bits per heavy atom. The van der Waals surface area contributed by atoms with Crippen LogP contribution in [0.25, 0.3) is 0 Å². The average molecular weight is 204 g/mol. The number of hydrogen-bond donors (Lipinski definition) is 3. The molecule has 0 heterocycles. The van der Waals surface area contributed by atoms with Crippen LogP contribution in [0.1, 0.15) is 32.1 Å². The topological polar surface area (TPSA) is 61.4 Å². The zero-order valence-electron chi connectivity index (χ0n) is 7.58. The molecule has 1 saturated carbocycles. The molecule has 0 spiro atoms. The van der Waals surface area contributed by atoms with E-state index < -0.39 is 6.09 Å². The Labute approximate surface area is 82.6 Å². The Balaban J connectivity index is 1.95. The lowest BCUT2D eigenvalue weighted by Crippen LogP contribution is -2.29. The van der Waals surface area contributed by atoms with E-state index in [0.717, 1.165) is 0 Å². The van der Waals surface area contributed by atoms with Crippen LogP contribution in [-0.4, -0.2) is 23.1 Å². The Kier molecular flexibility index (Phi) is 5.00. The van der Waals surface area contributed by atoms with Crippen LogP contribution in [0.2, 0.25) is 0 Å². The Hall–Kier alpha value is -0.420. The van der Waals surface area contributed by atoms with Gasteiger partial charge in [0, 0.05) is 6.04 Å². The quantitative estimate of drug-likeness (QED) is 0.371. The molecular formula is C8H16N2O2S. The normalized spacial score (nSPS) is 18.5. The molecule has 1 amide bonds. The molecule has 0 radical (unpaired) electrons. The molecule has 13 heavy (non-hydrogen) atoms. The van der Waals surface area contributed by atoms with Gasteiger partial charge in [-0.3, -0.25) is 4.72 Å². The lowest BCUT2D eigenvalue weighted by molar-refractivity contribution is 0.196. The number of amides is 1. The molecule has 4 nitrogen and oxygen atoms in total. The molecule has 1 fully saturated rings. The summed E-state index contributed by atoms with van der Waals surface area (Å²) >= 11 is 1.45. The molecule has 0 aliphatic heterocycles. The van der Waals surface area contributed by atoms with Gasteiger partial charge < -0.3 is 10.4 Å². The zero-order chi connectivity index (χ0) is 9.52. The van der Waals surface area contributed by atoms with Crippen molar-refractivity contribution in [3.05, 3.63) is 0 Å². The minimum atomic E-state index is -0.960. The first-order valence-corrected chi connectivity index (χ1v) is 5.61. The van der Waals surface area contributed by atoms with Crippen molar-refractivity contribution < 1.29 is 9.90 Å². The molecule has 0 saturated heterocycles. The summed E-state index contributed by atoms with van der Waals surface area (Å²) in [6, 6.07) is 0.578. The minimum Gasteiger partial charge on any atom is -0.465 e. The highest BCUT2D eigenvalue weighted by Gasteiger charge is 2.12. The van der Waals surface area contributed by atoms with Crippen molar-refractivity contribution in [2.24, 2.45) is 0 Å². The second-order valence-electron chi connectivity index (χ2n) is 3.22. The lowest BCUT2D eigenvalue weighted by atomic mass is 9.96. The standard InChI is InChI=1S/C8H16N2O2S/c11-8(12)9-6-13-10-7-4-2-1-3-5-7/h7,9-10H,1-6H2,(H,11,12). The summed E-state index contributed by atoms with van der Waals surface area (Å²) in [5, 5.41) is 10.6. The average Bonchev–Trinajstić information content (AvgIpc) is 2.14. The zero-order valence-corrected chi connectivity index (χ0v) is 8.40. The van der Waals surface area contributed by atoms with E-state index >= 15 is 0 Å². The first kappa shape index (κ1) is 10.7. The van der Waals surface area contributed by atoms with E-state index in [1.165, 1.54) is 44.1 Å². The SMILES string of the molecule is O=C(O)NCSNC1CCCCC1. The highest BCUT2D eigenvalue weighted by molar-refractivity contribution is 7.97. The van der Waals surface area contributed by atoms with E-state index in [9.17, 15) is 4.79 Å². The maximum atomic E-state index is 10.1. The van der Waals surface area contributed by atoms with Crippen LogP contribution in [-0.2, 0) is 0 Å². The fraction of sp³-hybridized carbons (Fsp3) is 0.875. The van der Waals surface area contributed by atoms with Gasteiger partial charge in [-0.05, 0) is 12.8 Å². The third-order valence-electron chi connectivity index (χ3n) is 2.15. The third-order valence-corrected chi connectivity index (χ3v) is 2.94. The van der Waals surface area contributed by atoms with Gasteiger partial charge in [0.1, 0.15) is 0 Å². The van der Waals surface area contributed by atoms with Crippen LogP contribution in [0.5, 0.6) is 0 Å². The van der Waals surface area contributed by atoms with E-state index in [1.807, 2.05) is 0 Å². The van der Waals surface area contributed by atoms with Crippen molar-refractivity contribution in [1.29, 1.82) is 0 Å². The van der Waals surface area contributed by atoms with Gasteiger partial charge in [-0.15, -0.1) is 0 Å². The molecule has 0 bridgehead atoms. The highest BCUT2D eigenvalue weighted by atomic mass is 32.2. The maximum absolute atomic E-state index is 10.1. The largest absolute Gasteiger partial charge is 0.465 e. The molecule has 0 aromatic rings. The molecule has 3 N–H and O–H groups in total. The van der Waals surface area contributed by atoms with Crippen molar-refractivity contribution in [3.8, 4) is 0 Å². The van der Waals surface area contributed by atoms with Gasteiger partial charge in [0.25, 0.3) is 0 Å². The summed E-state index contributed by atoms with van der Waals surface area (Å²) in [5.41, 5.74) is 0. The first-order valence-electron chi connectivity index (χ1n) is 4.63. The number of carbonyl (C=O) groups is 1. The van der Waals surface area contributed by atoms with Gasteiger partial charge in [-0.25, -0.2) is 4.79 Å². The van der Waals surface area contributed by atoms with E-state index in [4.69, 9.17) is 5.11 Å². The minimum absolute atomic E-state index is 0.422. The van der Waals surface area contributed by atoms with Crippen LogP contribution < -0.4 is 10.0 Å². The van der Waals surface area contributed by atoms with E-state index in [2.05, 4.69) is 10.0 Å². The molecule has 1 rings (SSSR count). The van der Waals surface area contributed by atoms with Crippen LogP contribution in [0, 0.1) is 0 Å². The third kappa shape index (κ3) is 5.00. The van der Waals surface area contributed by atoms with Crippen LogP contribution in [0.4, 0.5) is 4.79 Å². The molecule has 0 unspecified atom stereocenters. The van der Waals surface area contributed by atoms with Crippen LogP contribution >= 0.6 is 11.9 Å². The van der Waals surface area contributed by atoms with Crippen LogP contribution in [0.15, 0.2) is 0 Å². The van der Waals surface area contributed by atoms with Crippen molar-refractivity contribution in [2.45, 2.75) is 38.1 Å². The first-order chi connectivity index (χ1) is 6.29. The van der Waals surface area contributed by atoms with Gasteiger partial charge in [-0.2, -0.15) is 0 Å². The van der Waals surface area contributed by atoms with Gasteiger partial charge in [-0.1, -0.05) is 31.2 Å². The van der Waals surface area contributed by atoms with E-state index in [0.29, 0.717) is 11.9 Å². The molecule has 5 heteroatoms. The van der Waals surface area contributed by atoms with Gasteiger partial charge in [0.05, 0.1) is 5.88 Å². The summed E-state index contributed by atoms with van der Waals surface area (Å²) in [4.78, 5) is 10.1. The van der Waals surface area contributed by atoms with Crippen molar-refractivity contribution in [1.82, 2.24) is 10.0 Å². The molecule has 1 aliphatic carbocycles. The summed E-state index contributed by atoms with van der Waals surface area (Å²) in [6.07, 6.45) is 5.42. The molecule has 0 aromatic heterocycles. The van der Waals surface area contributed by atoms with E-state index in [-0.39, 0.29) is 0 Å². The highest BCUT2D eigenvalue weighted by Crippen LogP contribution is 2.18. The predicted octanol–water partition coefficient (Wildman–Crippen LogP) is 1.78. The second kappa shape index (κ2) is 6.10. The predicted molar refractivity (Wildman–Crippen MR) is 53.6 cm³/mol. The summed E-state index contributed by atoms with van der Waals surface area (Å²) in [6.45, 7) is 0. The lowest BCUT2D eigenvalue weighted by Gasteiger charge is -2.21. The summed E-state index contributed by atoms with van der Waals surface area (Å²) < 4.78 is 3.27. The van der Waals surface area contributed by atoms with Crippen LogP contribution in [0.3, 0.4) is 0 Å². The second-order valence-corrected chi connectivity index (χ2v) is 4.04. The molecule has 76 valence electrons. The summed E-state index contributed by atoms with van der Waals surface area (Å²) in [5.74, 6) is 0.422. The molecule has 0 aromatic carbocycles. The fourth-order valence-corrected chi connectivity index (χ4v) is 2.23. The summed E-state index contributed by atoms with van der Waals surface area (Å²) in [7, 11) is 0. The number of carboxylic acid groups (broad SMARTS) is 1. The smallest absolute Gasteiger partial charge is 0.405 e. The van der Waals surface area contributed by atoms with Gasteiger partial charge >= 0.3 is 6.09 Å². The number of rotatable bonds is 4. The fourth-order valence-electron chi connectivity index (χ4n) is 1.48. The molecular weight excluding hydrogens is 188 g/mol. The van der Waals surface area contributed by atoms with E-state index in [1.54, 1.807) is 0 Å². The molecule has 0 atom stereocenters. The Morgan fingerprint density at radius 3 is 2.69 bits per heavy atom. The monoisotopic (exact) mass is 204 g/mol. The molecule has 1 aliphatic rings. The van der Waals surface area contributed by atoms with Gasteiger partial charge in [0.2, 0.25) is 0 Å². The Morgan fingerprint density at radius 2 is 2.08 bits per heavy atom. The van der Waals surface area contributed by atoms with Crippen molar-refractivity contribution >= 4 is 18.0 Å². The maximum Gasteiger partial charge on any atom is 0.405 e. The Bertz CT molecular complexity index is 160. The van der Waals surface area contributed by atoms with Crippen molar-refractivity contribution in [3.63, 3.8) is 0 Å².